The van der Waals surface area contributed by atoms with Gasteiger partial charge in [0.05, 0.1) is 12.6 Å². The van der Waals surface area contributed by atoms with E-state index in [1.54, 1.807) is 36.2 Å². The van der Waals surface area contributed by atoms with Crippen molar-refractivity contribution in [3.63, 3.8) is 0 Å². The Morgan fingerprint density at radius 3 is 3.00 bits per heavy atom. The number of nitrogens with one attached hydrogen (secondary N) is 2. The van der Waals surface area contributed by atoms with Gasteiger partial charge < -0.3 is 10.1 Å². The first kappa shape index (κ1) is 16.0. The van der Waals surface area contributed by atoms with Crippen molar-refractivity contribution in [2.24, 2.45) is 0 Å². The van der Waals surface area contributed by atoms with Crippen molar-refractivity contribution >= 4 is 11.8 Å². The van der Waals surface area contributed by atoms with Gasteiger partial charge in [0.1, 0.15) is 5.82 Å². The van der Waals surface area contributed by atoms with Crippen molar-refractivity contribution in [1.29, 1.82) is 0 Å². The zero-order valence-electron chi connectivity index (χ0n) is 12.5. The third-order valence-corrected chi connectivity index (χ3v) is 3.05. The predicted molar refractivity (Wildman–Crippen MR) is 81.1 cm³/mol. The lowest BCUT2D eigenvalue weighted by Gasteiger charge is -2.10. The highest BCUT2D eigenvalue weighted by Gasteiger charge is 2.08. The van der Waals surface area contributed by atoms with E-state index < -0.39 is 6.03 Å². The fourth-order valence-corrected chi connectivity index (χ4v) is 1.96. The maximum atomic E-state index is 13.0. The highest BCUT2D eigenvalue weighted by Crippen LogP contribution is 2.09. The molecule has 0 fully saturated rings. The van der Waals surface area contributed by atoms with Crippen LogP contribution in [0.25, 0.3) is 0 Å². The number of rotatable bonds is 6. The van der Waals surface area contributed by atoms with E-state index in [0.29, 0.717) is 18.0 Å². The Labute approximate surface area is 128 Å². The molecule has 2 N–H and O–H groups in total. The van der Waals surface area contributed by atoms with Gasteiger partial charge in [-0.25, -0.2) is 9.18 Å². The van der Waals surface area contributed by atoms with E-state index >= 15 is 0 Å². The molecule has 1 aromatic heterocycles. The van der Waals surface area contributed by atoms with Crippen molar-refractivity contribution in [3.8, 4) is 0 Å². The maximum Gasteiger partial charge on any atom is 0.320 e. The second-order valence-electron chi connectivity index (χ2n) is 4.92. The summed E-state index contributed by atoms with van der Waals surface area (Å²) >= 11 is 0. The molecule has 22 heavy (non-hydrogen) atoms. The smallest absolute Gasteiger partial charge is 0.320 e. The Hall–Kier alpha value is -2.41. The van der Waals surface area contributed by atoms with Gasteiger partial charge in [0.15, 0.2) is 5.82 Å². The molecule has 2 aromatic rings. The number of hydrogen-bond acceptors (Lipinski definition) is 3. The highest BCUT2D eigenvalue weighted by molar-refractivity contribution is 5.88. The number of carbonyl (C=O) groups excluding carboxylic acids is 1. The quantitative estimate of drug-likeness (QED) is 0.862. The number of nitrogens with zero attached hydrogens (tertiary/aromatic N) is 2. The van der Waals surface area contributed by atoms with Crippen LogP contribution in [0.1, 0.15) is 18.5 Å². The summed E-state index contributed by atoms with van der Waals surface area (Å²) in [6.45, 7) is 2.74. The van der Waals surface area contributed by atoms with Crippen LogP contribution in [0.3, 0.4) is 0 Å². The van der Waals surface area contributed by atoms with Crippen LogP contribution in [0.15, 0.2) is 36.5 Å². The Bertz CT molecular complexity index is 630. The summed E-state index contributed by atoms with van der Waals surface area (Å²) < 4.78 is 19.8. The van der Waals surface area contributed by atoms with Gasteiger partial charge >= 0.3 is 6.03 Å². The van der Waals surface area contributed by atoms with Crippen LogP contribution in [-0.2, 0) is 11.3 Å². The lowest BCUT2D eigenvalue weighted by atomic mass is 10.2. The molecule has 0 unspecified atom stereocenters. The summed E-state index contributed by atoms with van der Waals surface area (Å²) in [6, 6.07) is 7.46. The van der Waals surface area contributed by atoms with E-state index in [0.717, 1.165) is 0 Å². The first-order chi connectivity index (χ1) is 10.6. The average Bonchev–Trinajstić information content (AvgIpc) is 2.94. The number of amides is 2. The zero-order valence-corrected chi connectivity index (χ0v) is 12.5. The molecule has 7 heteroatoms. The van der Waals surface area contributed by atoms with E-state index in [-0.39, 0.29) is 18.4 Å². The van der Waals surface area contributed by atoms with Gasteiger partial charge in [-0.3, -0.25) is 10.00 Å². The first-order valence-corrected chi connectivity index (χ1v) is 6.92. The van der Waals surface area contributed by atoms with Gasteiger partial charge in [-0.15, -0.1) is 0 Å². The number of halogens is 1. The molecular weight excluding hydrogens is 287 g/mol. The third-order valence-electron chi connectivity index (χ3n) is 3.05. The Morgan fingerprint density at radius 1 is 1.45 bits per heavy atom. The molecule has 0 spiro atoms. The second-order valence-corrected chi connectivity index (χ2v) is 4.92. The molecule has 0 bridgehead atoms. The molecule has 6 nitrogen and oxygen atoms in total. The number of aromatic nitrogens is 2. The molecule has 1 atom stereocenters. The van der Waals surface area contributed by atoms with E-state index in [4.69, 9.17) is 4.74 Å². The van der Waals surface area contributed by atoms with Gasteiger partial charge in [-0.05, 0) is 24.6 Å². The lowest BCUT2D eigenvalue weighted by molar-refractivity contribution is 0.157. The summed E-state index contributed by atoms with van der Waals surface area (Å²) in [7, 11) is 1.62. The summed E-state index contributed by atoms with van der Waals surface area (Å²) in [6.07, 6.45) is 1.77. The van der Waals surface area contributed by atoms with Gasteiger partial charge in [0.2, 0.25) is 0 Å². The van der Waals surface area contributed by atoms with Crippen LogP contribution in [-0.4, -0.2) is 29.5 Å². The first-order valence-electron chi connectivity index (χ1n) is 6.92. The van der Waals surface area contributed by atoms with Crippen LogP contribution in [0, 0.1) is 5.82 Å². The third kappa shape index (κ3) is 4.56. The number of carbonyl (C=O) groups is 1. The molecule has 0 aliphatic heterocycles. The minimum Gasteiger partial charge on any atom is -0.382 e. The van der Waals surface area contributed by atoms with E-state index in [1.165, 1.54) is 12.1 Å². The fourth-order valence-electron chi connectivity index (χ4n) is 1.96. The van der Waals surface area contributed by atoms with Crippen LogP contribution in [0.5, 0.6) is 0 Å². The molecule has 118 valence electrons. The van der Waals surface area contributed by atoms with E-state index in [1.807, 2.05) is 6.92 Å². The topological polar surface area (TPSA) is 68.2 Å². The monoisotopic (exact) mass is 306 g/mol. The molecule has 0 aliphatic rings. The summed E-state index contributed by atoms with van der Waals surface area (Å²) in [5, 5.41) is 9.52. The summed E-state index contributed by atoms with van der Waals surface area (Å²) in [5.41, 5.74) is 0.689. The molecule has 0 saturated heterocycles. The van der Waals surface area contributed by atoms with Gasteiger partial charge in [0, 0.05) is 25.9 Å². The molecule has 0 radical (unpaired) electrons. The van der Waals surface area contributed by atoms with Crippen molar-refractivity contribution in [2.75, 3.05) is 19.0 Å². The van der Waals surface area contributed by atoms with Gasteiger partial charge in [-0.1, -0.05) is 12.1 Å². The number of benzene rings is 1. The molecule has 1 aromatic carbocycles. The Balaban J connectivity index is 1.84. The number of methoxy groups -OCH3 is 1. The van der Waals surface area contributed by atoms with E-state index in [9.17, 15) is 9.18 Å². The normalized spacial score (nSPS) is 12.0. The minimum absolute atomic E-state index is 0.0795. The molecule has 2 rings (SSSR count). The summed E-state index contributed by atoms with van der Waals surface area (Å²) in [5.74, 6) is 0.116. The Morgan fingerprint density at radius 2 is 2.27 bits per heavy atom. The van der Waals surface area contributed by atoms with Gasteiger partial charge in [-0.2, -0.15) is 5.10 Å². The fraction of sp³-hybridized carbons (Fsp3) is 0.333. The number of hydrogen-bond donors (Lipinski definition) is 2. The number of urea groups is 1. The summed E-state index contributed by atoms with van der Waals surface area (Å²) in [4.78, 5) is 11.8. The molecule has 0 aliphatic carbocycles. The largest absolute Gasteiger partial charge is 0.382 e. The predicted octanol–water partition coefficient (Wildman–Crippen LogP) is 2.55. The number of ether oxygens (including phenoxy) is 1. The Kier molecular flexibility index (Phi) is 5.48. The van der Waals surface area contributed by atoms with Crippen molar-refractivity contribution in [1.82, 2.24) is 15.1 Å². The zero-order chi connectivity index (χ0) is 15.9. The molecule has 2 amide bonds. The van der Waals surface area contributed by atoms with Crippen LogP contribution >= 0.6 is 0 Å². The van der Waals surface area contributed by atoms with Crippen LogP contribution in [0.2, 0.25) is 0 Å². The van der Waals surface area contributed by atoms with Crippen LogP contribution < -0.4 is 10.6 Å². The second kappa shape index (κ2) is 7.56. The van der Waals surface area contributed by atoms with Gasteiger partial charge in [0.25, 0.3) is 0 Å². The maximum absolute atomic E-state index is 13.0. The molecule has 1 heterocycles. The van der Waals surface area contributed by atoms with Crippen molar-refractivity contribution < 1.29 is 13.9 Å². The van der Waals surface area contributed by atoms with Crippen LogP contribution in [0.4, 0.5) is 15.0 Å². The standard InChI is InChI=1S/C15H19FN4O2/c1-11(10-22-2)20-7-6-14(19-20)18-15(21)17-9-12-4-3-5-13(16)8-12/h3-8,11H,9-10H2,1-2H3,(H2,17,18,19,21)/t11-/m1/s1. The van der Waals surface area contributed by atoms with Crippen molar-refractivity contribution in [2.45, 2.75) is 19.5 Å². The number of anilines is 1. The SMILES string of the molecule is COC[C@@H](C)n1ccc(NC(=O)NCc2cccc(F)c2)n1. The highest BCUT2D eigenvalue weighted by atomic mass is 19.1. The molecular formula is C15H19FN4O2. The molecule has 0 saturated carbocycles. The average molecular weight is 306 g/mol. The van der Waals surface area contributed by atoms with E-state index in [2.05, 4.69) is 15.7 Å². The lowest BCUT2D eigenvalue weighted by Crippen LogP contribution is -2.28. The van der Waals surface area contributed by atoms with Crippen molar-refractivity contribution in [3.05, 3.63) is 47.9 Å². The minimum atomic E-state index is -0.395.